The summed E-state index contributed by atoms with van der Waals surface area (Å²) in [6.07, 6.45) is 2.88. The largest absolute Gasteiger partial charge is 0.463 e. The number of hydrogen-bond acceptors (Lipinski definition) is 7. The molecule has 0 saturated carbocycles. The molecule has 138 valence electrons. The number of thiazole rings is 1. The first-order chi connectivity index (χ1) is 13.6. The smallest absolute Gasteiger partial charge is 0.281 e. The van der Waals surface area contributed by atoms with Crippen LogP contribution in [0.1, 0.15) is 16.1 Å². The van der Waals surface area contributed by atoms with Crippen molar-refractivity contribution in [1.29, 1.82) is 0 Å². The molecular formula is C19H12N4O4S. The van der Waals surface area contributed by atoms with Gasteiger partial charge >= 0.3 is 0 Å². The standard InChI is InChI=1S/C19H12N4O4S/c24-18(13-5-3-6-14(11-13)23(25)26)22(20-12-15-7-4-10-27-15)19-21-16-8-1-2-9-17(16)28-19/h1-12H/b20-12+. The molecule has 0 radical (unpaired) electrons. The fourth-order valence-corrected chi connectivity index (χ4v) is 3.42. The zero-order valence-electron chi connectivity index (χ0n) is 14.3. The summed E-state index contributed by atoms with van der Waals surface area (Å²) in [6.45, 7) is 0. The van der Waals surface area contributed by atoms with Gasteiger partial charge in [0, 0.05) is 17.7 Å². The normalized spacial score (nSPS) is 11.1. The number of carbonyl (C=O) groups is 1. The number of hydrogen-bond donors (Lipinski definition) is 0. The van der Waals surface area contributed by atoms with Gasteiger partial charge in [0.15, 0.2) is 0 Å². The van der Waals surface area contributed by atoms with Crippen molar-refractivity contribution in [1.82, 2.24) is 4.98 Å². The highest BCUT2D eigenvalue weighted by Gasteiger charge is 2.22. The van der Waals surface area contributed by atoms with Crippen LogP contribution in [0.4, 0.5) is 10.8 Å². The van der Waals surface area contributed by atoms with Gasteiger partial charge in [0.2, 0.25) is 5.13 Å². The molecular weight excluding hydrogens is 380 g/mol. The molecule has 1 amide bonds. The number of para-hydroxylation sites is 1. The Balaban J connectivity index is 1.76. The molecule has 4 rings (SSSR count). The maximum absolute atomic E-state index is 13.1. The van der Waals surface area contributed by atoms with Crippen molar-refractivity contribution in [2.24, 2.45) is 5.10 Å². The average Bonchev–Trinajstić information content (AvgIpc) is 3.37. The maximum Gasteiger partial charge on any atom is 0.281 e. The molecule has 28 heavy (non-hydrogen) atoms. The van der Waals surface area contributed by atoms with E-state index in [0.29, 0.717) is 10.9 Å². The molecule has 0 spiro atoms. The van der Waals surface area contributed by atoms with Crippen molar-refractivity contribution in [2.75, 3.05) is 5.01 Å². The lowest BCUT2D eigenvalue weighted by atomic mass is 10.2. The molecule has 0 unspecified atom stereocenters. The third-order valence-corrected chi connectivity index (χ3v) is 4.82. The second kappa shape index (κ2) is 7.41. The summed E-state index contributed by atoms with van der Waals surface area (Å²) in [6, 6.07) is 16.3. The Morgan fingerprint density at radius 1 is 1.18 bits per heavy atom. The fourth-order valence-electron chi connectivity index (χ4n) is 2.49. The zero-order valence-corrected chi connectivity index (χ0v) is 15.1. The minimum absolute atomic E-state index is 0.130. The van der Waals surface area contributed by atoms with Gasteiger partial charge in [-0.1, -0.05) is 29.5 Å². The number of nitro benzene ring substituents is 1. The van der Waals surface area contributed by atoms with Gasteiger partial charge < -0.3 is 4.42 Å². The second-order valence-corrected chi connectivity index (χ2v) is 6.66. The van der Waals surface area contributed by atoms with Gasteiger partial charge in [0.25, 0.3) is 11.6 Å². The van der Waals surface area contributed by atoms with Crippen molar-refractivity contribution in [3.63, 3.8) is 0 Å². The topological polar surface area (TPSA) is 102 Å². The first kappa shape index (κ1) is 17.6. The number of anilines is 1. The minimum atomic E-state index is -0.551. The third kappa shape index (κ3) is 3.51. The predicted octanol–water partition coefficient (Wildman–Crippen LogP) is 4.48. The van der Waals surface area contributed by atoms with Crippen molar-refractivity contribution in [3.8, 4) is 0 Å². The number of hydrazone groups is 1. The predicted molar refractivity (Wildman–Crippen MR) is 106 cm³/mol. The molecule has 0 aliphatic carbocycles. The number of nitro groups is 1. The summed E-state index contributed by atoms with van der Waals surface area (Å²) in [5.74, 6) is -0.0801. The molecule has 0 bridgehead atoms. The Hall–Kier alpha value is -3.85. The van der Waals surface area contributed by atoms with Crippen LogP contribution in [0, 0.1) is 10.1 Å². The summed E-state index contributed by atoms with van der Waals surface area (Å²) < 4.78 is 6.11. The van der Waals surface area contributed by atoms with E-state index in [1.807, 2.05) is 24.3 Å². The summed E-state index contributed by atoms with van der Waals surface area (Å²) in [7, 11) is 0. The zero-order chi connectivity index (χ0) is 19.5. The van der Waals surface area contributed by atoms with Gasteiger partial charge in [-0.3, -0.25) is 14.9 Å². The Bertz CT molecular complexity index is 1150. The van der Waals surface area contributed by atoms with Gasteiger partial charge in [-0.25, -0.2) is 4.98 Å². The molecule has 0 saturated heterocycles. The molecule has 0 aliphatic rings. The summed E-state index contributed by atoms with van der Waals surface area (Å²) >= 11 is 1.29. The highest BCUT2D eigenvalue weighted by atomic mass is 32.1. The monoisotopic (exact) mass is 392 g/mol. The van der Waals surface area contributed by atoms with Gasteiger partial charge in [-0.05, 0) is 30.3 Å². The summed E-state index contributed by atoms with van der Waals surface area (Å²) in [5.41, 5.74) is 0.683. The van der Waals surface area contributed by atoms with E-state index in [0.717, 1.165) is 15.2 Å². The van der Waals surface area contributed by atoms with Crippen molar-refractivity contribution < 1.29 is 14.1 Å². The number of non-ortho nitro benzene ring substituents is 1. The number of furan rings is 1. The van der Waals surface area contributed by atoms with E-state index in [9.17, 15) is 14.9 Å². The van der Waals surface area contributed by atoms with Crippen LogP contribution in [-0.2, 0) is 0 Å². The van der Waals surface area contributed by atoms with E-state index < -0.39 is 10.8 Å². The number of rotatable bonds is 5. The first-order valence-corrected chi connectivity index (χ1v) is 8.95. The summed E-state index contributed by atoms with van der Waals surface area (Å²) in [4.78, 5) is 28.0. The SMILES string of the molecule is O=C(c1cccc([N+](=O)[O-])c1)N(/N=C/c1ccco1)c1nc2ccccc2s1. The molecule has 2 heterocycles. The Morgan fingerprint density at radius 2 is 2.04 bits per heavy atom. The van der Waals surface area contributed by atoms with E-state index in [1.54, 1.807) is 12.1 Å². The molecule has 8 nitrogen and oxygen atoms in total. The van der Waals surface area contributed by atoms with E-state index >= 15 is 0 Å². The Labute approximate surface area is 162 Å². The van der Waals surface area contributed by atoms with Gasteiger partial charge in [-0.2, -0.15) is 10.1 Å². The molecule has 0 aliphatic heterocycles. The van der Waals surface area contributed by atoms with Gasteiger partial charge in [-0.15, -0.1) is 0 Å². The van der Waals surface area contributed by atoms with Crippen LogP contribution < -0.4 is 5.01 Å². The third-order valence-electron chi connectivity index (χ3n) is 3.80. The van der Waals surface area contributed by atoms with Crippen LogP contribution in [0.3, 0.4) is 0 Å². The highest BCUT2D eigenvalue weighted by Crippen LogP contribution is 2.30. The van der Waals surface area contributed by atoms with Crippen molar-refractivity contribution in [3.05, 3.63) is 88.4 Å². The maximum atomic E-state index is 13.1. The quantitative estimate of drug-likeness (QED) is 0.283. The first-order valence-electron chi connectivity index (χ1n) is 8.14. The van der Waals surface area contributed by atoms with Crippen LogP contribution in [-0.4, -0.2) is 22.0 Å². The Kier molecular flexibility index (Phi) is 4.65. The lowest BCUT2D eigenvalue weighted by Gasteiger charge is -2.13. The van der Waals surface area contributed by atoms with E-state index in [-0.39, 0.29) is 11.3 Å². The molecule has 0 N–H and O–H groups in total. The van der Waals surface area contributed by atoms with Crippen LogP contribution in [0.5, 0.6) is 0 Å². The van der Waals surface area contributed by atoms with Crippen molar-refractivity contribution >= 4 is 44.5 Å². The fraction of sp³-hybridized carbons (Fsp3) is 0. The van der Waals surface area contributed by atoms with E-state index in [4.69, 9.17) is 4.42 Å². The molecule has 2 aromatic carbocycles. The van der Waals surface area contributed by atoms with E-state index in [1.165, 1.54) is 48.1 Å². The van der Waals surface area contributed by atoms with Crippen LogP contribution in [0.15, 0.2) is 76.4 Å². The Morgan fingerprint density at radius 3 is 2.79 bits per heavy atom. The molecule has 0 fully saturated rings. The van der Waals surface area contributed by atoms with Gasteiger partial charge in [0.1, 0.15) is 5.76 Å². The highest BCUT2D eigenvalue weighted by molar-refractivity contribution is 7.22. The van der Waals surface area contributed by atoms with Gasteiger partial charge in [0.05, 0.1) is 27.6 Å². The van der Waals surface area contributed by atoms with E-state index in [2.05, 4.69) is 10.1 Å². The lowest BCUT2D eigenvalue weighted by molar-refractivity contribution is -0.384. The number of benzene rings is 2. The molecule has 9 heteroatoms. The summed E-state index contributed by atoms with van der Waals surface area (Å²) in [5, 5.41) is 16.7. The minimum Gasteiger partial charge on any atom is -0.463 e. The lowest BCUT2D eigenvalue weighted by Crippen LogP contribution is -2.25. The molecule has 4 aromatic rings. The number of aromatic nitrogens is 1. The molecule has 2 aromatic heterocycles. The number of carbonyl (C=O) groups excluding carboxylic acids is 1. The van der Waals surface area contributed by atoms with Crippen LogP contribution in [0.25, 0.3) is 10.2 Å². The number of amides is 1. The number of fused-ring (bicyclic) bond motifs is 1. The van der Waals surface area contributed by atoms with Crippen LogP contribution >= 0.6 is 11.3 Å². The van der Waals surface area contributed by atoms with Crippen LogP contribution in [0.2, 0.25) is 0 Å². The molecule has 0 atom stereocenters. The number of nitrogens with zero attached hydrogens (tertiary/aromatic N) is 4. The second-order valence-electron chi connectivity index (χ2n) is 5.65. The van der Waals surface area contributed by atoms with Crippen molar-refractivity contribution in [2.45, 2.75) is 0 Å². The average molecular weight is 392 g/mol.